The molecular formula is C19H18N4O. The molecule has 3 aromatic rings. The SMILES string of the molecule is O=C(NCc1cccnc1)c1cc(C2CC2)n(-c2ccccc2)n1. The molecule has 5 nitrogen and oxygen atoms in total. The molecule has 0 spiro atoms. The van der Waals surface area contributed by atoms with E-state index in [1.807, 2.05) is 53.2 Å². The minimum Gasteiger partial charge on any atom is -0.347 e. The molecular weight excluding hydrogens is 300 g/mol. The Morgan fingerprint density at radius 1 is 1.17 bits per heavy atom. The number of pyridine rings is 1. The second kappa shape index (κ2) is 6.28. The number of rotatable bonds is 5. The third-order valence-electron chi connectivity index (χ3n) is 4.14. The van der Waals surface area contributed by atoms with Crippen LogP contribution in [0.2, 0.25) is 0 Å². The van der Waals surface area contributed by atoms with Crippen molar-refractivity contribution in [2.75, 3.05) is 0 Å². The van der Waals surface area contributed by atoms with E-state index in [0.717, 1.165) is 29.8 Å². The quantitative estimate of drug-likeness (QED) is 0.786. The number of nitrogens with zero attached hydrogens (tertiary/aromatic N) is 3. The zero-order valence-electron chi connectivity index (χ0n) is 13.2. The molecule has 2 heterocycles. The first-order chi connectivity index (χ1) is 11.8. The van der Waals surface area contributed by atoms with Crippen molar-refractivity contribution in [2.45, 2.75) is 25.3 Å². The number of amides is 1. The summed E-state index contributed by atoms with van der Waals surface area (Å²) in [6.07, 6.45) is 5.79. The molecule has 24 heavy (non-hydrogen) atoms. The minimum absolute atomic E-state index is 0.157. The molecule has 120 valence electrons. The highest BCUT2D eigenvalue weighted by atomic mass is 16.1. The van der Waals surface area contributed by atoms with Crippen molar-refractivity contribution in [3.8, 4) is 5.69 Å². The molecule has 0 atom stereocenters. The molecule has 0 unspecified atom stereocenters. The molecule has 1 aliphatic rings. The highest BCUT2D eigenvalue weighted by molar-refractivity contribution is 5.92. The van der Waals surface area contributed by atoms with E-state index in [-0.39, 0.29) is 5.91 Å². The maximum Gasteiger partial charge on any atom is 0.272 e. The Balaban J connectivity index is 1.56. The molecule has 1 fully saturated rings. The summed E-state index contributed by atoms with van der Waals surface area (Å²) in [5.74, 6) is 0.355. The fraction of sp³-hybridized carbons (Fsp3) is 0.211. The summed E-state index contributed by atoms with van der Waals surface area (Å²) < 4.78 is 1.90. The van der Waals surface area contributed by atoms with Gasteiger partial charge in [-0.05, 0) is 42.7 Å². The van der Waals surface area contributed by atoms with E-state index >= 15 is 0 Å². The highest BCUT2D eigenvalue weighted by Crippen LogP contribution is 2.41. The molecule has 1 amide bonds. The van der Waals surface area contributed by atoms with Gasteiger partial charge in [-0.25, -0.2) is 4.68 Å². The zero-order chi connectivity index (χ0) is 16.4. The molecule has 0 aliphatic heterocycles. The van der Waals surface area contributed by atoms with Gasteiger partial charge in [0.25, 0.3) is 5.91 Å². The maximum atomic E-state index is 12.5. The van der Waals surface area contributed by atoms with Crippen LogP contribution >= 0.6 is 0 Å². The molecule has 1 aromatic carbocycles. The summed E-state index contributed by atoms with van der Waals surface area (Å²) in [6, 6.07) is 15.7. The topological polar surface area (TPSA) is 59.8 Å². The number of hydrogen-bond acceptors (Lipinski definition) is 3. The van der Waals surface area contributed by atoms with E-state index in [2.05, 4.69) is 15.4 Å². The normalized spacial score (nSPS) is 13.7. The van der Waals surface area contributed by atoms with Gasteiger partial charge in [0.1, 0.15) is 0 Å². The van der Waals surface area contributed by atoms with Crippen LogP contribution in [0.25, 0.3) is 5.69 Å². The second-order valence-electron chi connectivity index (χ2n) is 6.02. The average molecular weight is 318 g/mol. The number of hydrogen-bond donors (Lipinski definition) is 1. The lowest BCUT2D eigenvalue weighted by Crippen LogP contribution is -2.23. The predicted octanol–water partition coefficient (Wildman–Crippen LogP) is 3.07. The van der Waals surface area contributed by atoms with Crippen LogP contribution in [0.4, 0.5) is 0 Å². The van der Waals surface area contributed by atoms with Gasteiger partial charge in [-0.15, -0.1) is 0 Å². The Kier molecular flexibility index (Phi) is 3.83. The highest BCUT2D eigenvalue weighted by Gasteiger charge is 2.29. The van der Waals surface area contributed by atoms with Gasteiger partial charge in [-0.3, -0.25) is 9.78 Å². The summed E-state index contributed by atoms with van der Waals surface area (Å²) >= 11 is 0. The zero-order valence-corrected chi connectivity index (χ0v) is 13.2. The third-order valence-corrected chi connectivity index (χ3v) is 4.14. The Bertz CT molecular complexity index is 838. The lowest BCUT2D eigenvalue weighted by atomic mass is 10.2. The van der Waals surface area contributed by atoms with Crippen molar-refractivity contribution in [2.24, 2.45) is 0 Å². The Labute approximate surface area is 140 Å². The number of aromatic nitrogens is 3. The van der Waals surface area contributed by atoms with E-state index in [0.29, 0.717) is 18.2 Å². The monoisotopic (exact) mass is 318 g/mol. The van der Waals surface area contributed by atoms with Crippen LogP contribution in [0.1, 0.15) is 40.5 Å². The molecule has 2 aromatic heterocycles. The number of carbonyl (C=O) groups is 1. The van der Waals surface area contributed by atoms with Crippen LogP contribution in [0.3, 0.4) is 0 Å². The van der Waals surface area contributed by atoms with Crippen molar-refractivity contribution in [3.05, 3.63) is 77.9 Å². The third kappa shape index (κ3) is 3.06. The molecule has 0 bridgehead atoms. The van der Waals surface area contributed by atoms with E-state index < -0.39 is 0 Å². The molecule has 4 rings (SSSR count). The first-order valence-corrected chi connectivity index (χ1v) is 8.14. The van der Waals surface area contributed by atoms with Crippen molar-refractivity contribution < 1.29 is 4.79 Å². The van der Waals surface area contributed by atoms with Crippen LogP contribution in [-0.4, -0.2) is 20.7 Å². The molecule has 1 saturated carbocycles. The molecule has 1 N–H and O–H groups in total. The fourth-order valence-corrected chi connectivity index (χ4v) is 2.73. The Morgan fingerprint density at radius 3 is 2.71 bits per heavy atom. The van der Waals surface area contributed by atoms with Crippen LogP contribution in [0, 0.1) is 0 Å². The summed E-state index contributed by atoms with van der Waals surface area (Å²) in [5.41, 5.74) is 3.54. The minimum atomic E-state index is -0.157. The summed E-state index contributed by atoms with van der Waals surface area (Å²) in [6.45, 7) is 0.448. The lowest BCUT2D eigenvalue weighted by molar-refractivity contribution is 0.0945. The predicted molar refractivity (Wildman–Crippen MR) is 90.9 cm³/mol. The largest absolute Gasteiger partial charge is 0.347 e. The summed E-state index contributed by atoms with van der Waals surface area (Å²) in [7, 11) is 0. The molecule has 0 radical (unpaired) electrons. The van der Waals surface area contributed by atoms with Crippen LogP contribution in [0.15, 0.2) is 60.9 Å². The van der Waals surface area contributed by atoms with Crippen LogP contribution in [-0.2, 0) is 6.54 Å². The van der Waals surface area contributed by atoms with E-state index in [1.54, 1.807) is 12.4 Å². The average Bonchev–Trinajstić information content (AvgIpc) is 3.39. The summed E-state index contributed by atoms with van der Waals surface area (Å²) in [4.78, 5) is 16.5. The van der Waals surface area contributed by atoms with Gasteiger partial charge < -0.3 is 5.32 Å². The van der Waals surface area contributed by atoms with E-state index in [1.165, 1.54) is 0 Å². The lowest BCUT2D eigenvalue weighted by Gasteiger charge is -2.05. The number of carbonyl (C=O) groups excluding carboxylic acids is 1. The molecule has 5 heteroatoms. The maximum absolute atomic E-state index is 12.5. The number of benzene rings is 1. The Hall–Kier alpha value is -2.95. The summed E-state index contributed by atoms with van der Waals surface area (Å²) in [5, 5.41) is 7.45. The second-order valence-corrected chi connectivity index (χ2v) is 6.02. The van der Waals surface area contributed by atoms with Gasteiger partial charge in [0.15, 0.2) is 5.69 Å². The van der Waals surface area contributed by atoms with E-state index in [9.17, 15) is 4.79 Å². The van der Waals surface area contributed by atoms with Gasteiger partial charge in [0.05, 0.1) is 5.69 Å². The van der Waals surface area contributed by atoms with Crippen molar-refractivity contribution >= 4 is 5.91 Å². The van der Waals surface area contributed by atoms with Crippen LogP contribution in [0.5, 0.6) is 0 Å². The molecule has 0 saturated heterocycles. The van der Waals surface area contributed by atoms with E-state index in [4.69, 9.17) is 0 Å². The molecule has 1 aliphatic carbocycles. The number of nitrogens with one attached hydrogen (secondary N) is 1. The van der Waals surface area contributed by atoms with Crippen molar-refractivity contribution in [1.82, 2.24) is 20.1 Å². The van der Waals surface area contributed by atoms with Crippen LogP contribution < -0.4 is 5.32 Å². The van der Waals surface area contributed by atoms with Gasteiger partial charge in [0.2, 0.25) is 0 Å². The van der Waals surface area contributed by atoms with Crippen molar-refractivity contribution in [1.29, 1.82) is 0 Å². The fourth-order valence-electron chi connectivity index (χ4n) is 2.73. The van der Waals surface area contributed by atoms with Crippen molar-refractivity contribution in [3.63, 3.8) is 0 Å². The van der Waals surface area contributed by atoms with Gasteiger partial charge in [0, 0.05) is 30.6 Å². The van der Waals surface area contributed by atoms with Gasteiger partial charge >= 0.3 is 0 Å². The smallest absolute Gasteiger partial charge is 0.272 e. The Morgan fingerprint density at radius 2 is 2.00 bits per heavy atom. The van der Waals surface area contributed by atoms with Gasteiger partial charge in [-0.2, -0.15) is 5.10 Å². The first kappa shape index (κ1) is 14.6. The standard InChI is InChI=1S/C19H18N4O/c24-19(21-13-14-5-4-10-20-12-14)17-11-18(15-8-9-15)23(22-17)16-6-2-1-3-7-16/h1-7,10-12,15H,8-9,13H2,(H,21,24). The van der Waals surface area contributed by atoms with Gasteiger partial charge in [-0.1, -0.05) is 24.3 Å². The first-order valence-electron chi connectivity index (χ1n) is 8.14. The number of para-hydroxylation sites is 1.